The maximum Gasteiger partial charge on any atom is 0.341 e. The van der Waals surface area contributed by atoms with Crippen molar-refractivity contribution in [3.8, 4) is 0 Å². The van der Waals surface area contributed by atoms with E-state index < -0.39 is 18.0 Å². The van der Waals surface area contributed by atoms with E-state index in [9.17, 15) is 14.0 Å². The molecule has 2 amide bonds. The maximum atomic E-state index is 13.2. The number of ether oxygens (including phenoxy) is 1. The quantitative estimate of drug-likeness (QED) is 0.861. The van der Waals surface area contributed by atoms with Crippen LogP contribution in [0.25, 0.3) is 0 Å². The number of carbonyl (C=O) groups excluding carboxylic acids is 2. The molecule has 0 spiro atoms. The molecular formula is C18H21FN2O3. The number of aliphatic imine (C=N–C) groups is 1. The summed E-state index contributed by atoms with van der Waals surface area (Å²) in [5.74, 6) is -1.43. The molecule has 24 heavy (non-hydrogen) atoms. The lowest BCUT2D eigenvalue weighted by molar-refractivity contribution is -0.154. The van der Waals surface area contributed by atoms with Crippen LogP contribution < -0.4 is 5.32 Å². The molecule has 2 aliphatic rings. The molecule has 1 aromatic carbocycles. The topological polar surface area (TPSA) is 67.8 Å². The Morgan fingerprint density at radius 1 is 1.21 bits per heavy atom. The zero-order chi connectivity index (χ0) is 17.1. The van der Waals surface area contributed by atoms with Gasteiger partial charge in [0.2, 0.25) is 0 Å². The molecule has 1 aliphatic carbocycles. The Morgan fingerprint density at radius 3 is 2.54 bits per heavy atom. The molecule has 2 atom stereocenters. The van der Waals surface area contributed by atoms with E-state index >= 15 is 0 Å². The smallest absolute Gasteiger partial charge is 0.341 e. The molecule has 1 saturated carbocycles. The van der Waals surface area contributed by atoms with Gasteiger partial charge in [-0.1, -0.05) is 18.6 Å². The van der Waals surface area contributed by atoms with Gasteiger partial charge in [-0.2, -0.15) is 0 Å². The summed E-state index contributed by atoms with van der Waals surface area (Å²) in [6.07, 6.45) is 4.99. The zero-order valence-electron chi connectivity index (χ0n) is 13.6. The van der Waals surface area contributed by atoms with Crippen molar-refractivity contribution >= 4 is 17.7 Å². The van der Waals surface area contributed by atoms with Crippen LogP contribution >= 0.6 is 0 Å². The number of carbonyl (C=O) groups is 2. The summed E-state index contributed by atoms with van der Waals surface area (Å²) in [6, 6.07) is 4.67. The van der Waals surface area contributed by atoms with Crippen LogP contribution in [0.3, 0.4) is 0 Å². The van der Waals surface area contributed by atoms with Crippen molar-refractivity contribution < 1.29 is 18.7 Å². The molecule has 1 aromatic rings. The number of hydrogen-bond acceptors (Lipinski definition) is 3. The third-order valence-electron chi connectivity index (χ3n) is 4.66. The lowest BCUT2D eigenvalue weighted by Gasteiger charge is -2.31. The van der Waals surface area contributed by atoms with Crippen molar-refractivity contribution in [3.05, 3.63) is 35.6 Å². The van der Waals surface area contributed by atoms with E-state index in [0.717, 1.165) is 25.7 Å². The van der Waals surface area contributed by atoms with Gasteiger partial charge >= 0.3 is 12.0 Å². The fraction of sp³-hybridized carbons (Fsp3) is 0.500. The van der Waals surface area contributed by atoms with Crippen molar-refractivity contribution in [2.45, 2.75) is 51.2 Å². The number of hydrogen-bond donors (Lipinski definition) is 1. The minimum Gasteiger partial charge on any atom is -0.462 e. The van der Waals surface area contributed by atoms with Crippen LogP contribution in [0.5, 0.6) is 0 Å². The second-order valence-corrected chi connectivity index (χ2v) is 6.41. The Labute approximate surface area is 140 Å². The van der Waals surface area contributed by atoms with Gasteiger partial charge in [0.15, 0.2) is 0 Å². The first kappa shape index (κ1) is 16.6. The average Bonchev–Trinajstić information content (AvgIpc) is 2.55. The Kier molecular flexibility index (Phi) is 4.92. The number of nitrogens with zero attached hydrogens (tertiary/aromatic N) is 1. The molecule has 0 radical (unpaired) electrons. The van der Waals surface area contributed by atoms with Crippen molar-refractivity contribution in [1.82, 2.24) is 5.32 Å². The summed E-state index contributed by atoms with van der Waals surface area (Å²) in [7, 11) is 0. The fourth-order valence-electron chi connectivity index (χ4n) is 3.39. The molecule has 2 unspecified atom stereocenters. The van der Waals surface area contributed by atoms with Crippen LogP contribution in [0.1, 0.15) is 50.6 Å². The molecule has 0 aromatic heterocycles. The lowest BCUT2D eigenvalue weighted by atomic mass is 9.88. The maximum absolute atomic E-state index is 13.2. The van der Waals surface area contributed by atoms with Gasteiger partial charge in [-0.25, -0.2) is 14.2 Å². The number of rotatable bonds is 3. The van der Waals surface area contributed by atoms with Crippen LogP contribution in [-0.4, -0.2) is 23.8 Å². The standard InChI is InChI=1S/C18H21FN2O3/c1-11-15(17(22)24-14-5-3-2-4-6-14)16(21-18(23)20-11)12-7-9-13(19)10-8-12/h7-10,14-16H,2-6H2,1H3,(H,21,23). The summed E-state index contributed by atoms with van der Waals surface area (Å²) in [5, 5.41) is 2.70. The summed E-state index contributed by atoms with van der Waals surface area (Å²) >= 11 is 0. The lowest BCUT2D eigenvalue weighted by Crippen LogP contribution is -2.45. The monoisotopic (exact) mass is 332 g/mol. The SMILES string of the molecule is CC1=NC(=O)NC(c2ccc(F)cc2)C1C(=O)OC1CCCCC1. The number of halogens is 1. The number of amides is 2. The molecular weight excluding hydrogens is 311 g/mol. The average molecular weight is 332 g/mol. The molecule has 128 valence electrons. The summed E-state index contributed by atoms with van der Waals surface area (Å²) in [5.41, 5.74) is 1.08. The first-order valence-electron chi connectivity index (χ1n) is 8.36. The highest BCUT2D eigenvalue weighted by atomic mass is 19.1. The fourth-order valence-corrected chi connectivity index (χ4v) is 3.39. The van der Waals surface area contributed by atoms with Crippen LogP contribution in [0.15, 0.2) is 29.3 Å². The summed E-state index contributed by atoms with van der Waals surface area (Å²) in [4.78, 5) is 28.3. The highest BCUT2D eigenvalue weighted by Crippen LogP contribution is 2.30. The van der Waals surface area contributed by atoms with Gasteiger partial charge in [0, 0.05) is 5.71 Å². The van der Waals surface area contributed by atoms with Gasteiger partial charge in [-0.05, 0) is 50.3 Å². The van der Waals surface area contributed by atoms with Gasteiger partial charge in [0.1, 0.15) is 17.8 Å². The molecule has 0 bridgehead atoms. The van der Waals surface area contributed by atoms with Crippen LogP contribution in [-0.2, 0) is 9.53 Å². The van der Waals surface area contributed by atoms with E-state index in [4.69, 9.17) is 4.74 Å². The predicted octanol–water partition coefficient (Wildman–Crippen LogP) is 3.54. The van der Waals surface area contributed by atoms with E-state index in [0.29, 0.717) is 11.3 Å². The molecule has 6 heteroatoms. The second-order valence-electron chi connectivity index (χ2n) is 6.41. The van der Waals surface area contributed by atoms with Crippen molar-refractivity contribution in [3.63, 3.8) is 0 Å². The van der Waals surface area contributed by atoms with Gasteiger partial charge in [0.25, 0.3) is 0 Å². The van der Waals surface area contributed by atoms with Gasteiger partial charge in [-0.3, -0.25) is 4.79 Å². The summed E-state index contributed by atoms with van der Waals surface area (Å²) < 4.78 is 18.8. The van der Waals surface area contributed by atoms with Crippen LogP contribution in [0, 0.1) is 11.7 Å². The molecule has 1 fully saturated rings. The zero-order valence-corrected chi connectivity index (χ0v) is 13.6. The Hall–Kier alpha value is -2.24. The minimum absolute atomic E-state index is 0.0643. The van der Waals surface area contributed by atoms with E-state index in [-0.39, 0.29) is 17.9 Å². The Balaban J connectivity index is 1.82. The number of benzene rings is 1. The molecule has 1 heterocycles. The van der Waals surface area contributed by atoms with E-state index in [1.54, 1.807) is 19.1 Å². The molecule has 3 rings (SSSR count). The van der Waals surface area contributed by atoms with Gasteiger partial charge < -0.3 is 10.1 Å². The van der Waals surface area contributed by atoms with Crippen molar-refractivity contribution in [2.24, 2.45) is 10.9 Å². The first-order valence-corrected chi connectivity index (χ1v) is 8.36. The number of nitrogens with one attached hydrogen (secondary N) is 1. The number of esters is 1. The molecule has 5 nitrogen and oxygen atoms in total. The van der Waals surface area contributed by atoms with Crippen molar-refractivity contribution in [1.29, 1.82) is 0 Å². The van der Waals surface area contributed by atoms with Gasteiger partial charge in [-0.15, -0.1) is 0 Å². The van der Waals surface area contributed by atoms with E-state index in [2.05, 4.69) is 10.3 Å². The van der Waals surface area contributed by atoms with Crippen LogP contribution in [0.2, 0.25) is 0 Å². The highest BCUT2D eigenvalue weighted by Gasteiger charge is 2.39. The molecule has 1 aliphatic heterocycles. The largest absolute Gasteiger partial charge is 0.462 e. The van der Waals surface area contributed by atoms with E-state index in [1.165, 1.54) is 18.6 Å². The predicted molar refractivity (Wildman–Crippen MR) is 87.2 cm³/mol. The summed E-state index contributed by atoms with van der Waals surface area (Å²) in [6.45, 7) is 1.65. The normalized spacial score (nSPS) is 24.9. The van der Waals surface area contributed by atoms with Crippen molar-refractivity contribution in [2.75, 3.05) is 0 Å². The number of urea groups is 1. The first-order chi connectivity index (χ1) is 11.5. The third-order valence-corrected chi connectivity index (χ3v) is 4.66. The molecule has 0 saturated heterocycles. The Bertz CT molecular complexity index is 651. The van der Waals surface area contributed by atoms with Gasteiger partial charge in [0.05, 0.1) is 6.04 Å². The second kappa shape index (κ2) is 7.11. The Morgan fingerprint density at radius 2 is 1.88 bits per heavy atom. The van der Waals surface area contributed by atoms with Crippen LogP contribution in [0.4, 0.5) is 9.18 Å². The highest BCUT2D eigenvalue weighted by molar-refractivity contribution is 6.08. The molecule has 1 N–H and O–H groups in total. The third kappa shape index (κ3) is 3.63. The van der Waals surface area contributed by atoms with E-state index in [1.807, 2.05) is 0 Å². The minimum atomic E-state index is -0.685.